The number of epoxide rings is 1. The van der Waals surface area contributed by atoms with E-state index >= 15 is 0 Å². The van der Waals surface area contributed by atoms with Crippen LogP contribution in [0, 0.1) is 6.92 Å². The largest absolute Gasteiger partial charge is 0.489 e. The second-order valence-electron chi connectivity index (χ2n) is 11.3. The van der Waals surface area contributed by atoms with Gasteiger partial charge in [0.2, 0.25) is 0 Å². The lowest BCUT2D eigenvalue weighted by Crippen LogP contribution is -2.17. The molecule has 4 aromatic carbocycles. The average molecular weight is 632 g/mol. The zero-order valence-corrected chi connectivity index (χ0v) is 25.3. The maximum Gasteiger partial charge on any atom is 0.416 e. The van der Waals surface area contributed by atoms with Crippen LogP contribution in [0.15, 0.2) is 126 Å². The Kier molecular flexibility index (Phi) is 7.69. The van der Waals surface area contributed by atoms with Gasteiger partial charge in [-0.05, 0) is 83.8 Å². The number of rotatable bonds is 8. The second kappa shape index (κ2) is 12.0. The van der Waals surface area contributed by atoms with E-state index < -0.39 is 11.7 Å². The first kappa shape index (κ1) is 30.1. The number of hydrogen-bond acceptors (Lipinski definition) is 5. The molecule has 3 heterocycles. The van der Waals surface area contributed by atoms with Crippen LogP contribution in [0.1, 0.15) is 16.7 Å². The van der Waals surface area contributed by atoms with Crippen molar-refractivity contribution in [3.05, 3.63) is 143 Å². The Balaban J connectivity index is 1.24. The van der Waals surface area contributed by atoms with Gasteiger partial charge in [-0.1, -0.05) is 49.0 Å². The molecule has 1 atom stereocenters. The number of ether oxygens (including phenoxy) is 2. The van der Waals surface area contributed by atoms with E-state index in [-0.39, 0.29) is 24.0 Å². The third-order valence-electron chi connectivity index (χ3n) is 8.14. The zero-order valence-electron chi connectivity index (χ0n) is 25.3. The van der Waals surface area contributed by atoms with Gasteiger partial charge in [-0.15, -0.1) is 0 Å². The Morgan fingerprint density at radius 2 is 1.81 bits per heavy atom. The number of aliphatic imine (C=N–C) groups is 1. The molecule has 9 heteroatoms. The van der Waals surface area contributed by atoms with E-state index in [0.29, 0.717) is 12.3 Å². The SMILES string of the molecule is C=CC(=Nc1cc(-n2c(=O)ccc3cnc4ccc(-c5ccc(COc6cccc(C(F)(F)F)c6)cc5)cc4c32)ccc1C)C1CO1. The summed E-state index contributed by atoms with van der Waals surface area (Å²) in [4.78, 5) is 22.9. The fourth-order valence-electron chi connectivity index (χ4n) is 5.53. The first-order chi connectivity index (χ1) is 22.7. The van der Waals surface area contributed by atoms with Gasteiger partial charge in [0.15, 0.2) is 0 Å². The summed E-state index contributed by atoms with van der Waals surface area (Å²) in [5.74, 6) is 0.148. The lowest BCUT2D eigenvalue weighted by molar-refractivity contribution is -0.137. The number of aromatic nitrogens is 2. The Labute approximate surface area is 268 Å². The monoisotopic (exact) mass is 631 g/mol. The van der Waals surface area contributed by atoms with Crippen molar-refractivity contribution in [2.24, 2.45) is 4.99 Å². The third-order valence-corrected chi connectivity index (χ3v) is 8.14. The van der Waals surface area contributed by atoms with Crippen LogP contribution in [0.4, 0.5) is 18.9 Å². The molecule has 1 aliphatic heterocycles. The summed E-state index contributed by atoms with van der Waals surface area (Å²) in [7, 11) is 0. The van der Waals surface area contributed by atoms with Gasteiger partial charge in [0.05, 0.1) is 40.3 Å². The van der Waals surface area contributed by atoms with Crippen LogP contribution in [0.2, 0.25) is 0 Å². The van der Waals surface area contributed by atoms with Crippen LogP contribution in [0.25, 0.3) is 38.6 Å². The molecule has 234 valence electrons. The number of aryl methyl sites for hydroxylation is 1. The van der Waals surface area contributed by atoms with E-state index in [4.69, 9.17) is 14.5 Å². The number of pyridine rings is 2. The first-order valence-corrected chi connectivity index (χ1v) is 15.0. The summed E-state index contributed by atoms with van der Waals surface area (Å²) in [6.45, 7) is 6.57. The highest BCUT2D eigenvalue weighted by Crippen LogP contribution is 2.33. The van der Waals surface area contributed by atoms with Crippen molar-refractivity contribution in [1.29, 1.82) is 0 Å². The van der Waals surface area contributed by atoms with Crippen molar-refractivity contribution in [3.63, 3.8) is 0 Å². The number of halogens is 3. The topological polar surface area (TPSA) is 69.0 Å². The van der Waals surface area contributed by atoms with Crippen LogP contribution in [0.5, 0.6) is 5.75 Å². The highest BCUT2D eigenvalue weighted by Gasteiger charge is 2.30. The molecule has 0 bridgehead atoms. The predicted molar refractivity (Wildman–Crippen MR) is 178 cm³/mol. The van der Waals surface area contributed by atoms with E-state index in [0.717, 1.165) is 67.6 Å². The number of nitrogens with zero attached hydrogens (tertiary/aromatic N) is 3. The molecule has 0 radical (unpaired) electrons. The van der Waals surface area contributed by atoms with Gasteiger partial charge < -0.3 is 9.47 Å². The standard InChI is InChI=1S/C38H28F3N3O3/c1-3-32(35-22-47-35)43-34-19-29(14-7-23(34)2)44-36(45)16-13-27-20-42-33-15-12-26(17-31(33)37(27)44)25-10-8-24(9-11-25)21-46-30-6-4-5-28(18-30)38(39,40)41/h3-20,35H,1,21-22H2,2H3. The fraction of sp³-hybridized carbons (Fsp3) is 0.132. The molecule has 0 spiro atoms. The highest BCUT2D eigenvalue weighted by atomic mass is 19.4. The van der Waals surface area contributed by atoms with Crippen LogP contribution in [-0.2, 0) is 17.5 Å². The van der Waals surface area contributed by atoms with Crippen LogP contribution in [-0.4, -0.2) is 28.0 Å². The quantitative estimate of drug-likeness (QED) is 0.0957. The van der Waals surface area contributed by atoms with Gasteiger partial charge in [0.1, 0.15) is 18.5 Å². The lowest BCUT2D eigenvalue weighted by atomic mass is 10.0. The van der Waals surface area contributed by atoms with Gasteiger partial charge in [-0.3, -0.25) is 19.3 Å². The average Bonchev–Trinajstić information content (AvgIpc) is 3.92. The van der Waals surface area contributed by atoms with E-state index in [9.17, 15) is 18.0 Å². The minimum Gasteiger partial charge on any atom is -0.489 e. The summed E-state index contributed by atoms with van der Waals surface area (Å²) < 4.78 is 52.0. The van der Waals surface area contributed by atoms with Crippen LogP contribution >= 0.6 is 0 Å². The zero-order chi connectivity index (χ0) is 32.7. The molecule has 7 rings (SSSR count). The van der Waals surface area contributed by atoms with Crippen LogP contribution < -0.4 is 10.3 Å². The first-order valence-electron chi connectivity index (χ1n) is 15.0. The highest BCUT2D eigenvalue weighted by molar-refractivity contribution is 6.05. The molecule has 1 saturated heterocycles. The maximum atomic E-state index is 13.5. The minimum atomic E-state index is -4.44. The van der Waals surface area contributed by atoms with E-state index in [2.05, 4.69) is 11.6 Å². The molecular formula is C38H28F3N3O3. The molecule has 2 aromatic heterocycles. The van der Waals surface area contributed by atoms with Crippen molar-refractivity contribution in [1.82, 2.24) is 9.55 Å². The Morgan fingerprint density at radius 3 is 2.55 bits per heavy atom. The molecule has 0 saturated carbocycles. The number of fused-ring (bicyclic) bond motifs is 3. The minimum absolute atomic E-state index is 0.0544. The van der Waals surface area contributed by atoms with Gasteiger partial charge in [0, 0.05) is 23.0 Å². The number of alkyl halides is 3. The normalized spacial score (nSPS) is 14.8. The Hall–Kier alpha value is -5.54. The third kappa shape index (κ3) is 6.17. The molecular weight excluding hydrogens is 603 g/mol. The van der Waals surface area contributed by atoms with E-state index in [1.807, 2.05) is 67.6 Å². The number of benzene rings is 4. The molecule has 1 unspecified atom stereocenters. The van der Waals surface area contributed by atoms with Gasteiger partial charge in [0.25, 0.3) is 5.56 Å². The van der Waals surface area contributed by atoms with Gasteiger partial charge in [-0.2, -0.15) is 13.2 Å². The van der Waals surface area contributed by atoms with E-state index in [1.54, 1.807) is 22.9 Å². The predicted octanol–water partition coefficient (Wildman–Crippen LogP) is 8.77. The molecule has 0 N–H and O–H groups in total. The summed E-state index contributed by atoms with van der Waals surface area (Å²) >= 11 is 0. The van der Waals surface area contributed by atoms with Crippen molar-refractivity contribution >= 4 is 33.2 Å². The second-order valence-corrected chi connectivity index (χ2v) is 11.3. The van der Waals surface area contributed by atoms with Crippen molar-refractivity contribution in [2.75, 3.05) is 6.61 Å². The molecule has 0 aliphatic carbocycles. The van der Waals surface area contributed by atoms with Crippen LogP contribution in [0.3, 0.4) is 0 Å². The summed E-state index contributed by atoms with van der Waals surface area (Å²) in [5.41, 5.74) is 6.27. The number of hydrogen-bond donors (Lipinski definition) is 0. The smallest absolute Gasteiger partial charge is 0.416 e. The lowest BCUT2D eigenvalue weighted by Gasteiger charge is -2.15. The van der Waals surface area contributed by atoms with Gasteiger partial charge >= 0.3 is 6.18 Å². The Bertz CT molecular complexity index is 2250. The molecule has 47 heavy (non-hydrogen) atoms. The van der Waals surface area contributed by atoms with E-state index in [1.165, 1.54) is 18.2 Å². The molecule has 0 amide bonds. The maximum absolute atomic E-state index is 13.5. The van der Waals surface area contributed by atoms with Crippen molar-refractivity contribution < 1.29 is 22.6 Å². The Morgan fingerprint density at radius 1 is 1.02 bits per heavy atom. The summed E-state index contributed by atoms with van der Waals surface area (Å²) in [6, 6.07) is 27.4. The summed E-state index contributed by atoms with van der Waals surface area (Å²) in [6.07, 6.45) is -1.03. The molecule has 6 nitrogen and oxygen atoms in total. The fourth-order valence-corrected chi connectivity index (χ4v) is 5.53. The summed E-state index contributed by atoms with van der Waals surface area (Å²) in [5, 5.41) is 1.61. The van der Waals surface area contributed by atoms with Crippen molar-refractivity contribution in [3.8, 4) is 22.6 Å². The van der Waals surface area contributed by atoms with Crippen molar-refractivity contribution in [2.45, 2.75) is 25.8 Å². The molecule has 1 fully saturated rings. The molecule has 1 aliphatic rings. The molecule has 6 aromatic rings. The van der Waals surface area contributed by atoms with Gasteiger partial charge in [-0.25, -0.2) is 0 Å².